The van der Waals surface area contributed by atoms with Crippen LogP contribution in [0.15, 0.2) is 23.5 Å². The lowest BCUT2D eigenvalue weighted by molar-refractivity contribution is -0.196. The van der Waals surface area contributed by atoms with Gasteiger partial charge in [0.2, 0.25) is 0 Å². The minimum Gasteiger partial charge on any atom is -0.501 e. The molecule has 4 aliphatic carbocycles. The van der Waals surface area contributed by atoms with Crippen LogP contribution in [0.5, 0.6) is 0 Å². The molecule has 0 spiro atoms. The predicted molar refractivity (Wildman–Crippen MR) is 113 cm³/mol. The Hall–Kier alpha value is -1.93. The first-order chi connectivity index (χ1) is 14.1. The Balaban J connectivity index is 1.76. The monoisotopic (exact) mass is 414 g/mol. The number of aliphatic hydroxyl groups is 1. The molecular weight excluding hydrogens is 380 g/mol. The maximum atomic E-state index is 12.2. The number of fused-ring (bicyclic) bond motifs is 5. The molecule has 0 aliphatic heterocycles. The van der Waals surface area contributed by atoms with E-state index in [0.717, 1.165) is 31.4 Å². The molecule has 1 N–H and O–H groups in total. The van der Waals surface area contributed by atoms with Crippen LogP contribution in [0.3, 0.4) is 0 Å². The number of carbonyl (C=O) groups excluding carboxylic acids is 1. The van der Waals surface area contributed by atoms with Gasteiger partial charge in [-0.1, -0.05) is 32.8 Å². The molecule has 5 heteroatoms. The number of allylic oxidation sites excluding steroid dienone is 3. The summed E-state index contributed by atoms with van der Waals surface area (Å²) < 4.78 is 16.1. The van der Waals surface area contributed by atoms with Crippen LogP contribution in [-0.2, 0) is 14.2 Å². The highest BCUT2D eigenvalue weighted by molar-refractivity contribution is 5.61. The molecule has 0 aromatic heterocycles. The summed E-state index contributed by atoms with van der Waals surface area (Å²) in [4.78, 5) is 12.1. The van der Waals surface area contributed by atoms with Crippen molar-refractivity contribution in [1.82, 2.24) is 0 Å². The zero-order chi connectivity index (χ0) is 21.9. The standard InChI is InChI=1S/C25H34O5/c1-7-25(30-21(26)29-6)16(2)14-20-19-9-8-17-15-18(28-5)10-11-22(17,3)24(19,27)13-12-23(20,25)4/h1,8,15-16,19-20,27H,9-14H2,2-6H3/t16-,19-,20-,22-,23-,24+,25-/m0/s1. The van der Waals surface area contributed by atoms with E-state index in [0.29, 0.717) is 12.8 Å². The molecule has 2 saturated carbocycles. The van der Waals surface area contributed by atoms with Gasteiger partial charge in [0.05, 0.1) is 25.6 Å². The van der Waals surface area contributed by atoms with Crippen LogP contribution in [0, 0.1) is 40.9 Å². The van der Waals surface area contributed by atoms with Gasteiger partial charge in [0.1, 0.15) is 0 Å². The number of methoxy groups -OCH3 is 2. The molecule has 0 radical (unpaired) electrons. The number of hydrogen-bond acceptors (Lipinski definition) is 5. The molecule has 4 aliphatic rings. The van der Waals surface area contributed by atoms with Gasteiger partial charge in [-0.3, -0.25) is 0 Å². The first-order valence-corrected chi connectivity index (χ1v) is 11.0. The molecule has 0 amide bonds. The topological polar surface area (TPSA) is 65.0 Å². The molecule has 164 valence electrons. The van der Waals surface area contributed by atoms with Gasteiger partial charge < -0.3 is 19.3 Å². The van der Waals surface area contributed by atoms with Crippen molar-refractivity contribution in [2.45, 2.75) is 70.5 Å². The Morgan fingerprint density at radius 2 is 1.97 bits per heavy atom. The highest BCUT2D eigenvalue weighted by Gasteiger charge is 2.71. The Morgan fingerprint density at radius 1 is 1.23 bits per heavy atom. The van der Waals surface area contributed by atoms with E-state index < -0.39 is 22.8 Å². The molecule has 0 aromatic carbocycles. The molecule has 0 heterocycles. The molecule has 7 atom stereocenters. The van der Waals surface area contributed by atoms with E-state index in [1.807, 2.05) is 0 Å². The lowest BCUT2D eigenvalue weighted by Crippen LogP contribution is -2.64. The first kappa shape index (κ1) is 21.3. The summed E-state index contributed by atoms with van der Waals surface area (Å²) in [6, 6.07) is 0. The van der Waals surface area contributed by atoms with Gasteiger partial charge in [0.15, 0.2) is 5.60 Å². The second-order valence-electron chi connectivity index (χ2n) is 10.2. The van der Waals surface area contributed by atoms with Crippen LogP contribution in [0.1, 0.15) is 59.3 Å². The summed E-state index contributed by atoms with van der Waals surface area (Å²) >= 11 is 0. The van der Waals surface area contributed by atoms with E-state index in [-0.39, 0.29) is 23.2 Å². The van der Waals surface area contributed by atoms with E-state index >= 15 is 0 Å². The van der Waals surface area contributed by atoms with Gasteiger partial charge >= 0.3 is 6.16 Å². The van der Waals surface area contributed by atoms with Crippen molar-refractivity contribution in [2.24, 2.45) is 28.6 Å². The van der Waals surface area contributed by atoms with Crippen molar-refractivity contribution in [3.8, 4) is 12.3 Å². The molecule has 5 nitrogen and oxygen atoms in total. The van der Waals surface area contributed by atoms with E-state index in [2.05, 4.69) is 38.8 Å². The fraction of sp³-hybridized carbons (Fsp3) is 0.720. The van der Waals surface area contributed by atoms with E-state index in [1.165, 1.54) is 12.7 Å². The summed E-state index contributed by atoms with van der Waals surface area (Å²) in [6.07, 6.45) is 14.4. The first-order valence-electron chi connectivity index (χ1n) is 11.0. The fourth-order valence-electron chi connectivity index (χ4n) is 7.45. The number of ether oxygens (including phenoxy) is 3. The van der Waals surface area contributed by atoms with Crippen molar-refractivity contribution >= 4 is 6.16 Å². The minimum atomic E-state index is -1.02. The van der Waals surface area contributed by atoms with Crippen LogP contribution in [-0.4, -0.2) is 36.7 Å². The minimum absolute atomic E-state index is 0.0107. The van der Waals surface area contributed by atoms with Gasteiger partial charge in [-0.2, -0.15) is 0 Å². The maximum absolute atomic E-state index is 12.2. The molecule has 0 unspecified atom stereocenters. The highest BCUT2D eigenvalue weighted by atomic mass is 16.7. The second-order valence-corrected chi connectivity index (χ2v) is 10.2. The Morgan fingerprint density at radius 3 is 2.60 bits per heavy atom. The van der Waals surface area contributed by atoms with Crippen molar-refractivity contribution in [3.05, 3.63) is 23.5 Å². The van der Waals surface area contributed by atoms with Crippen molar-refractivity contribution in [3.63, 3.8) is 0 Å². The Labute approximate surface area is 179 Å². The molecule has 0 bridgehead atoms. The SMILES string of the molecule is C#C[C@]1(OC(=O)OC)[C@@H](C)C[C@H]2[C@@H]3CC=C4C=C(OC)CC[C@]4(C)[C@@]3(O)CC[C@@]21C. The summed E-state index contributed by atoms with van der Waals surface area (Å²) in [6.45, 7) is 6.41. The molecule has 0 saturated heterocycles. The number of terminal acetylenes is 1. The van der Waals surface area contributed by atoms with E-state index in [9.17, 15) is 9.90 Å². The third-order valence-corrected chi connectivity index (χ3v) is 9.35. The maximum Gasteiger partial charge on any atom is 0.509 e. The largest absolute Gasteiger partial charge is 0.509 e. The molecular formula is C25H34O5. The van der Waals surface area contributed by atoms with Crippen LogP contribution in [0.4, 0.5) is 4.79 Å². The highest BCUT2D eigenvalue weighted by Crippen LogP contribution is 2.70. The summed E-state index contributed by atoms with van der Waals surface area (Å²) in [5, 5.41) is 12.2. The average Bonchev–Trinajstić information content (AvgIpc) is 2.95. The van der Waals surface area contributed by atoms with Crippen LogP contribution < -0.4 is 0 Å². The number of carbonyl (C=O) groups is 1. The van der Waals surface area contributed by atoms with Crippen LogP contribution in [0.25, 0.3) is 0 Å². The van der Waals surface area contributed by atoms with Crippen molar-refractivity contribution < 1.29 is 24.1 Å². The predicted octanol–water partition coefficient (Wildman–Crippen LogP) is 4.61. The third kappa shape index (κ3) is 2.43. The molecule has 2 fully saturated rings. The third-order valence-electron chi connectivity index (χ3n) is 9.35. The van der Waals surface area contributed by atoms with Gasteiger partial charge in [-0.05, 0) is 55.6 Å². The smallest absolute Gasteiger partial charge is 0.501 e. The van der Waals surface area contributed by atoms with E-state index in [1.54, 1.807) is 7.11 Å². The van der Waals surface area contributed by atoms with Gasteiger partial charge in [0.25, 0.3) is 0 Å². The number of rotatable bonds is 2. The van der Waals surface area contributed by atoms with Gasteiger partial charge in [-0.25, -0.2) is 4.79 Å². The number of hydrogen-bond donors (Lipinski definition) is 1. The zero-order valence-electron chi connectivity index (χ0n) is 18.8. The Kier molecular flexibility index (Phi) is 4.82. The van der Waals surface area contributed by atoms with Crippen LogP contribution in [0.2, 0.25) is 0 Å². The molecule has 0 aromatic rings. The Bertz CT molecular complexity index is 852. The summed E-state index contributed by atoms with van der Waals surface area (Å²) in [5.41, 5.74) is -1.36. The van der Waals surface area contributed by atoms with Crippen molar-refractivity contribution in [2.75, 3.05) is 14.2 Å². The summed E-state index contributed by atoms with van der Waals surface area (Å²) in [7, 11) is 3.02. The van der Waals surface area contributed by atoms with Crippen molar-refractivity contribution in [1.29, 1.82) is 0 Å². The normalized spacial score (nSPS) is 46.9. The second kappa shape index (κ2) is 6.79. The average molecular weight is 415 g/mol. The zero-order valence-corrected chi connectivity index (χ0v) is 18.8. The lowest BCUT2D eigenvalue weighted by atomic mass is 9.45. The van der Waals surface area contributed by atoms with Gasteiger partial charge in [-0.15, -0.1) is 6.42 Å². The van der Waals surface area contributed by atoms with Crippen LogP contribution >= 0.6 is 0 Å². The molecule has 30 heavy (non-hydrogen) atoms. The molecule has 4 rings (SSSR count). The van der Waals surface area contributed by atoms with Gasteiger partial charge in [0, 0.05) is 23.2 Å². The fourth-order valence-corrected chi connectivity index (χ4v) is 7.45. The summed E-state index contributed by atoms with van der Waals surface area (Å²) in [5.74, 6) is 4.08. The van der Waals surface area contributed by atoms with E-state index in [4.69, 9.17) is 20.6 Å². The lowest BCUT2D eigenvalue weighted by Gasteiger charge is -2.62. The quantitative estimate of drug-likeness (QED) is 0.528.